The number of hydrogen-bond acceptors (Lipinski definition) is 4. The van der Waals surface area contributed by atoms with Gasteiger partial charge in [0, 0.05) is 43.0 Å². The quantitative estimate of drug-likeness (QED) is 0.388. The zero-order valence-corrected chi connectivity index (χ0v) is 17.3. The molecule has 0 spiro atoms. The molecule has 0 amide bonds. The minimum atomic E-state index is 0.302. The van der Waals surface area contributed by atoms with Crippen LogP contribution in [0.4, 0.5) is 0 Å². The molecule has 0 heterocycles. The van der Waals surface area contributed by atoms with Gasteiger partial charge in [-0.25, -0.2) is 0 Å². The van der Waals surface area contributed by atoms with Gasteiger partial charge < -0.3 is 11.5 Å². The van der Waals surface area contributed by atoms with Crippen molar-refractivity contribution in [3.63, 3.8) is 0 Å². The first-order chi connectivity index (χ1) is 12.0. The lowest BCUT2D eigenvalue weighted by atomic mass is 10.0. The van der Waals surface area contributed by atoms with E-state index in [2.05, 4.69) is 33.9 Å². The molecule has 0 bridgehead atoms. The van der Waals surface area contributed by atoms with E-state index < -0.39 is 0 Å². The maximum absolute atomic E-state index is 5.98. The highest BCUT2D eigenvalue weighted by Crippen LogP contribution is 2.12. The first kappa shape index (κ1) is 24.3. The van der Waals surface area contributed by atoms with Gasteiger partial charge in [0.05, 0.1) is 0 Å². The normalized spacial score (nSPS) is 17.2. The van der Waals surface area contributed by atoms with Crippen LogP contribution in [0, 0.1) is 0 Å². The van der Waals surface area contributed by atoms with Gasteiger partial charge in [0.1, 0.15) is 0 Å². The van der Waals surface area contributed by atoms with E-state index in [1.807, 2.05) is 6.21 Å². The highest BCUT2D eigenvalue weighted by Gasteiger charge is 2.06. The molecule has 4 heteroatoms. The summed E-state index contributed by atoms with van der Waals surface area (Å²) in [6.45, 7) is 8.67. The highest BCUT2D eigenvalue weighted by molar-refractivity contribution is 5.79. The molecule has 0 fully saturated rings. The number of hydrogen-bond donors (Lipinski definition) is 2. The van der Waals surface area contributed by atoms with Gasteiger partial charge in [0.15, 0.2) is 0 Å². The van der Waals surface area contributed by atoms with Crippen LogP contribution in [0.25, 0.3) is 0 Å². The zero-order chi connectivity index (χ0) is 18.9. The second kappa shape index (κ2) is 16.7. The topological polar surface area (TPSA) is 76.8 Å². The molecule has 4 N–H and O–H groups in total. The smallest absolute Gasteiger partial charge is 0.0495 e. The van der Waals surface area contributed by atoms with Gasteiger partial charge >= 0.3 is 0 Å². The molecule has 0 aliphatic heterocycles. The van der Waals surface area contributed by atoms with Crippen LogP contribution in [0.3, 0.4) is 0 Å². The Balaban J connectivity index is 4.10. The van der Waals surface area contributed by atoms with Gasteiger partial charge in [0.25, 0.3) is 0 Å². The summed E-state index contributed by atoms with van der Waals surface area (Å²) < 4.78 is 0. The molecule has 0 saturated carbocycles. The standard InChI is InChI=1S/C21H44N4/c1-5-11-21(15-8-12-18(4)22)25-17-10-16-24-20(7-3)14-9-13-19(23)6-2/h16-21H,5-15,22-23H2,1-4H3/b24-16+,25-17+. The molecule has 25 heavy (non-hydrogen) atoms. The van der Waals surface area contributed by atoms with Crippen molar-refractivity contribution in [2.75, 3.05) is 0 Å². The molecule has 4 nitrogen and oxygen atoms in total. The molecule has 4 unspecified atom stereocenters. The van der Waals surface area contributed by atoms with Crippen molar-refractivity contribution < 1.29 is 0 Å². The van der Waals surface area contributed by atoms with Crippen molar-refractivity contribution >= 4 is 12.4 Å². The van der Waals surface area contributed by atoms with Crippen LogP contribution in [0.1, 0.15) is 98.3 Å². The summed E-state index contributed by atoms with van der Waals surface area (Å²) in [7, 11) is 0. The fourth-order valence-electron chi connectivity index (χ4n) is 2.97. The van der Waals surface area contributed by atoms with E-state index in [-0.39, 0.29) is 0 Å². The van der Waals surface area contributed by atoms with Crippen LogP contribution in [0.15, 0.2) is 9.98 Å². The van der Waals surface area contributed by atoms with Crippen molar-refractivity contribution in [3.8, 4) is 0 Å². The van der Waals surface area contributed by atoms with E-state index in [9.17, 15) is 0 Å². The van der Waals surface area contributed by atoms with Crippen LogP contribution in [0.2, 0.25) is 0 Å². The molecule has 0 rings (SSSR count). The Labute approximate surface area is 157 Å². The van der Waals surface area contributed by atoms with E-state index >= 15 is 0 Å². The summed E-state index contributed by atoms with van der Waals surface area (Å²) in [5.41, 5.74) is 11.8. The molecule has 0 radical (unpaired) electrons. The lowest BCUT2D eigenvalue weighted by molar-refractivity contribution is 0.504. The summed E-state index contributed by atoms with van der Waals surface area (Å²) in [5, 5.41) is 0. The predicted molar refractivity (Wildman–Crippen MR) is 114 cm³/mol. The van der Waals surface area contributed by atoms with E-state index in [1.54, 1.807) is 0 Å². The summed E-state index contributed by atoms with van der Waals surface area (Å²) in [6, 6.07) is 1.55. The molecule has 148 valence electrons. The Morgan fingerprint density at radius 1 is 0.760 bits per heavy atom. The van der Waals surface area contributed by atoms with Crippen LogP contribution in [-0.2, 0) is 0 Å². The molecule has 0 aromatic carbocycles. The third kappa shape index (κ3) is 15.2. The Kier molecular flexibility index (Phi) is 16.2. The van der Waals surface area contributed by atoms with Gasteiger partial charge in [-0.1, -0.05) is 27.2 Å². The maximum Gasteiger partial charge on any atom is 0.0495 e. The Morgan fingerprint density at radius 3 is 1.92 bits per heavy atom. The van der Waals surface area contributed by atoms with E-state index in [0.717, 1.165) is 44.9 Å². The summed E-state index contributed by atoms with van der Waals surface area (Å²) >= 11 is 0. The third-order valence-electron chi connectivity index (χ3n) is 4.77. The number of aliphatic imine (C=N–C) groups is 2. The summed E-state index contributed by atoms with van der Waals surface area (Å²) in [4.78, 5) is 9.48. The minimum absolute atomic E-state index is 0.302. The van der Waals surface area contributed by atoms with Crippen LogP contribution >= 0.6 is 0 Å². The Morgan fingerprint density at radius 2 is 1.36 bits per heavy atom. The van der Waals surface area contributed by atoms with Gasteiger partial charge in [-0.3, -0.25) is 9.98 Å². The summed E-state index contributed by atoms with van der Waals surface area (Å²) in [5.74, 6) is 0. The molecule has 0 aromatic rings. The largest absolute Gasteiger partial charge is 0.328 e. The molecule has 0 saturated heterocycles. The first-order valence-electron chi connectivity index (χ1n) is 10.6. The molecule has 0 aliphatic rings. The average molecular weight is 353 g/mol. The van der Waals surface area contributed by atoms with Crippen LogP contribution < -0.4 is 11.5 Å². The van der Waals surface area contributed by atoms with Crippen LogP contribution in [0.5, 0.6) is 0 Å². The monoisotopic (exact) mass is 352 g/mol. The van der Waals surface area contributed by atoms with E-state index in [1.165, 1.54) is 25.7 Å². The van der Waals surface area contributed by atoms with Crippen molar-refractivity contribution in [2.24, 2.45) is 21.5 Å². The van der Waals surface area contributed by atoms with Gasteiger partial charge in [0.2, 0.25) is 0 Å². The van der Waals surface area contributed by atoms with Gasteiger partial charge in [-0.15, -0.1) is 0 Å². The molecule has 4 atom stereocenters. The second-order valence-corrected chi connectivity index (χ2v) is 7.41. The lowest BCUT2D eigenvalue weighted by Crippen LogP contribution is -2.18. The molecular weight excluding hydrogens is 308 g/mol. The second-order valence-electron chi connectivity index (χ2n) is 7.41. The number of nitrogens with zero attached hydrogens (tertiary/aromatic N) is 2. The van der Waals surface area contributed by atoms with Gasteiger partial charge in [-0.2, -0.15) is 0 Å². The lowest BCUT2D eigenvalue weighted by Gasteiger charge is -2.12. The highest BCUT2D eigenvalue weighted by atomic mass is 14.8. The van der Waals surface area contributed by atoms with Crippen molar-refractivity contribution in [1.82, 2.24) is 0 Å². The molecule has 0 aliphatic carbocycles. The average Bonchev–Trinajstić information content (AvgIpc) is 2.59. The molecule has 0 aromatic heterocycles. The van der Waals surface area contributed by atoms with Crippen molar-refractivity contribution in [1.29, 1.82) is 0 Å². The fraction of sp³-hybridized carbons (Fsp3) is 0.905. The SMILES string of the molecule is CCCC(CCCC(C)N)/N=C/C/C=N/C(CC)CCCC(N)CC. The van der Waals surface area contributed by atoms with Crippen LogP contribution in [-0.4, -0.2) is 36.6 Å². The number of nitrogens with two attached hydrogens (primary N) is 2. The third-order valence-corrected chi connectivity index (χ3v) is 4.77. The fourth-order valence-corrected chi connectivity index (χ4v) is 2.97. The van der Waals surface area contributed by atoms with Crippen molar-refractivity contribution in [2.45, 2.75) is 122 Å². The summed E-state index contributed by atoms with van der Waals surface area (Å²) in [6.07, 6.45) is 16.3. The molecular formula is C21H44N4. The van der Waals surface area contributed by atoms with E-state index in [0.29, 0.717) is 24.2 Å². The Bertz CT molecular complexity index is 339. The predicted octanol–water partition coefficient (Wildman–Crippen LogP) is 4.89. The minimum Gasteiger partial charge on any atom is -0.328 e. The first-order valence-corrected chi connectivity index (χ1v) is 10.6. The maximum atomic E-state index is 5.98. The Hall–Kier alpha value is -0.740. The van der Waals surface area contributed by atoms with Gasteiger partial charge in [-0.05, 0) is 64.7 Å². The van der Waals surface area contributed by atoms with Crippen molar-refractivity contribution in [3.05, 3.63) is 0 Å². The van der Waals surface area contributed by atoms with E-state index in [4.69, 9.17) is 21.5 Å². The number of rotatable bonds is 16. The zero-order valence-electron chi connectivity index (χ0n) is 17.3.